The third-order valence-corrected chi connectivity index (χ3v) is 4.97. The van der Waals surface area contributed by atoms with Gasteiger partial charge in [-0.15, -0.1) is 0 Å². The highest BCUT2D eigenvalue weighted by Gasteiger charge is 2.28. The number of carbonyl (C=O) groups excluding carboxylic acids is 2. The standard InChI is InChI=1S/C21H23ClN2O2/c1-15-7-2-3-10-18(15)20(25)23-19-11-4-5-12-24(21(19)26)14-16-8-6-9-17(22)13-16/h2-3,6-10,13,19H,4-5,11-12,14H2,1H3,(H,23,25). The van der Waals surface area contributed by atoms with Crippen LogP contribution < -0.4 is 5.32 Å². The third-order valence-electron chi connectivity index (χ3n) is 4.74. The van der Waals surface area contributed by atoms with Crippen molar-refractivity contribution in [3.8, 4) is 0 Å². The second kappa shape index (κ2) is 8.37. The maximum absolute atomic E-state index is 13.0. The van der Waals surface area contributed by atoms with Crippen LogP contribution >= 0.6 is 11.6 Å². The van der Waals surface area contributed by atoms with E-state index in [0.29, 0.717) is 30.1 Å². The Kier molecular flexibility index (Phi) is 5.94. The van der Waals surface area contributed by atoms with Gasteiger partial charge in [0.2, 0.25) is 5.91 Å². The molecule has 3 rings (SSSR count). The first-order valence-corrected chi connectivity index (χ1v) is 9.32. The number of benzene rings is 2. The summed E-state index contributed by atoms with van der Waals surface area (Å²) in [6.07, 6.45) is 2.52. The van der Waals surface area contributed by atoms with Crippen molar-refractivity contribution in [2.75, 3.05) is 6.54 Å². The first kappa shape index (κ1) is 18.5. The fraction of sp³-hybridized carbons (Fsp3) is 0.333. The molecule has 2 amide bonds. The molecule has 1 unspecified atom stereocenters. The first-order valence-electron chi connectivity index (χ1n) is 8.94. The molecule has 4 nitrogen and oxygen atoms in total. The Balaban J connectivity index is 1.72. The van der Waals surface area contributed by atoms with Gasteiger partial charge in [0.1, 0.15) is 6.04 Å². The van der Waals surface area contributed by atoms with Gasteiger partial charge in [-0.3, -0.25) is 9.59 Å². The van der Waals surface area contributed by atoms with Crippen molar-refractivity contribution in [2.45, 2.75) is 38.8 Å². The van der Waals surface area contributed by atoms with Crippen LogP contribution in [0.3, 0.4) is 0 Å². The fourth-order valence-corrected chi connectivity index (χ4v) is 3.53. The Morgan fingerprint density at radius 2 is 2.00 bits per heavy atom. The van der Waals surface area contributed by atoms with E-state index >= 15 is 0 Å². The summed E-state index contributed by atoms with van der Waals surface area (Å²) in [6, 6.07) is 14.5. The van der Waals surface area contributed by atoms with Gasteiger partial charge in [0.05, 0.1) is 0 Å². The molecule has 1 aliphatic rings. The molecule has 0 aromatic heterocycles. The van der Waals surface area contributed by atoms with E-state index in [1.807, 2.05) is 54.3 Å². The number of halogens is 1. The zero-order valence-corrected chi connectivity index (χ0v) is 15.6. The molecule has 1 aliphatic heterocycles. The van der Waals surface area contributed by atoms with E-state index < -0.39 is 6.04 Å². The van der Waals surface area contributed by atoms with Crippen LogP contribution in [-0.4, -0.2) is 29.3 Å². The number of amides is 2. The number of nitrogens with one attached hydrogen (secondary N) is 1. The van der Waals surface area contributed by atoms with E-state index in [1.165, 1.54) is 0 Å². The van der Waals surface area contributed by atoms with Crippen molar-refractivity contribution >= 4 is 23.4 Å². The molecular weight excluding hydrogens is 348 g/mol. The summed E-state index contributed by atoms with van der Waals surface area (Å²) in [6.45, 7) is 3.10. The molecule has 0 spiro atoms. The normalized spacial score (nSPS) is 17.7. The molecule has 5 heteroatoms. The largest absolute Gasteiger partial charge is 0.340 e. The van der Waals surface area contributed by atoms with E-state index in [0.717, 1.165) is 24.0 Å². The number of likely N-dealkylation sites (tertiary alicyclic amines) is 1. The molecule has 1 atom stereocenters. The molecule has 136 valence electrons. The Hall–Kier alpha value is -2.33. The van der Waals surface area contributed by atoms with Crippen molar-refractivity contribution in [3.05, 3.63) is 70.2 Å². The summed E-state index contributed by atoms with van der Waals surface area (Å²) >= 11 is 6.05. The number of rotatable bonds is 4. The lowest BCUT2D eigenvalue weighted by Gasteiger charge is -2.25. The van der Waals surface area contributed by atoms with Crippen molar-refractivity contribution in [3.63, 3.8) is 0 Å². The fourth-order valence-electron chi connectivity index (χ4n) is 3.32. The average molecular weight is 371 g/mol. The second-order valence-electron chi connectivity index (χ2n) is 6.73. The van der Waals surface area contributed by atoms with Gasteiger partial charge in [0, 0.05) is 23.7 Å². The van der Waals surface area contributed by atoms with Crippen LogP contribution in [0.4, 0.5) is 0 Å². The third kappa shape index (κ3) is 4.44. The number of nitrogens with zero attached hydrogens (tertiary/aromatic N) is 1. The van der Waals surface area contributed by atoms with Crippen molar-refractivity contribution in [2.24, 2.45) is 0 Å². The summed E-state index contributed by atoms with van der Waals surface area (Å²) in [5, 5.41) is 3.60. The van der Waals surface area contributed by atoms with E-state index in [9.17, 15) is 9.59 Å². The molecule has 0 bridgehead atoms. The van der Waals surface area contributed by atoms with E-state index in [2.05, 4.69) is 5.32 Å². The summed E-state index contributed by atoms with van der Waals surface area (Å²) < 4.78 is 0. The monoisotopic (exact) mass is 370 g/mol. The molecule has 2 aromatic carbocycles. The van der Waals surface area contributed by atoms with Gasteiger partial charge in [-0.25, -0.2) is 0 Å². The molecule has 0 radical (unpaired) electrons. The molecule has 1 fully saturated rings. The Morgan fingerprint density at radius 1 is 1.19 bits per heavy atom. The lowest BCUT2D eigenvalue weighted by Crippen LogP contribution is -2.47. The van der Waals surface area contributed by atoms with Gasteiger partial charge in [-0.05, 0) is 55.5 Å². The number of aryl methyl sites for hydroxylation is 1. The van der Waals surface area contributed by atoms with E-state index in [-0.39, 0.29) is 11.8 Å². The number of hydrogen-bond acceptors (Lipinski definition) is 2. The van der Waals surface area contributed by atoms with Crippen LogP contribution in [0.25, 0.3) is 0 Å². The molecule has 2 aromatic rings. The maximum Gasteiger partial charge on any atom is 0.252 e. The molecular formula is C21H23ClN2O2. The van der Waals surface area contributed by atoms with Gasteiger partial charge in [0.25, 0.3) is 5.91 Å². The molecule has 1 heterocycles. The van der Waals surface area contributed by atoms with Crippen molar-refractivity contribution in [1.82, 2.24) is 10.2 Å². The number of hydrogen-bond donors (Lipinski definition) is 1. The highest BCUT2D eigenvalue weighted by atomic mass is 35.5. The molecule has 1 saturated heterocycles. The maximum atomic E-state index is 13.0. The SMILES string of the molecule is Cc1ccccc1C(=O)NC1CCCCN(Cc2cccc(Cl)c2)C1=O. The van der Waals surface area contributed by atoms with Crippen LogP contribution in [0.1, 0.15) is 40.7 Å². The lowest BCUT2D eigenvalue weighted by atomic mass is 10.1. The predicted octanol–water partition coefficient (Wildman–Crippen LogP) is 3.96. The van der Waals surface area contributed by atoms with Gasteiger partial charge in [-0.2, -0.15) is 0 Å². The van der Waals surface area contributed by atoms with Crippen LogP contribution in [0.5, 0.6) is 0 Å². The average Bonchev–Trinajstić information content (AvgIpc) is 2.78. The minimum Gasteiger partial charge on any atom is -0.340 e. The van der Waals surface area contributed by atoms with E-state index in [4.69, 9.17) is 11.6 Å². The first-order chi connectivity index (χ1) is 12.5. The summed E-state index contributed by atoms with van der Waals surface area (Å²) in [4.78, 5) is 27.4. The van der Waals surface area contributed by atoms with Crippen molar-refractivity contribution < 1.29 is 9.59 Å². The summed E-state index contributed by atoms with van der Waals surface area (Å²) in [5.74, 6) is -0.213. The quantitative estimate of drug-likeness (QED) is 0.885. The highest BCUT2D eigenvalue weighted by molar-refractivity contribution is 6.30. The summed E-state index contributed by atoms with van der Waals surface area (Å²) in [5.41, 5.74) is 2.52. The molecule has 0 saturated carbocycles. The molecule has 0 aliphatic carbocycles. The van der Waals surface area contributed by atoms with Gasteiger partial charge < -0.3 is 10.2 Å². The van der Waals surface area contributed by atoms with Gasteiger partial charge >= 0.3 is 0 Å². The summed E-state index contributed by atoms with van der Waals surface area (Å²) in [7, 11) is 0. The van der Waals surface area contributed by atoms with Crippen LogP contribution in [0.15, 0.2) is 48.5 Å². The van der Waals surface area contributed by atoms with Crippen LogP contribution in [0, 0.1) is 6.92 Å². The lowest BCUT2D eigenvalue weighted by molar-refractivity contribution is -0.133. The Morgan fingerprint density at radius 3 is 2.77 bits per heavy atom. The highest BCUT2D eigenvalue weighted by Crippen LogP contribution is 2.18. The van der Waals surface area contributed by atoms with Crippen LogP contribution in [-0.2, 0) is 11.3 Å². The second-order valence-corrected chi connectivity index (χ2v) is 7.16. The minimum atomic E-state index is -0.483. The van der Waals surface area contributed by atoms with Gasteiger partial charge in [0.15, 0.2) is 0 Å². The van der Waals surface area contributed by atoms with E-state index in [1.54, 1.807) is 6.07 Å². The smallest absolute Gasteiger partial charge is 0.252 e. The van der Waals surface area contributed by atoms with Crippen molar-refractivity contribution in [1.29, 1.82) is 0 Å². The predicted molar refractivity (Wildman–Crippen MR) is 103 cm³/mol. The molecule has 1 N–H and O–H groups in total. The molecule has 26 heavy (non-hydrogen) atoms. The Labute approximate surface area is 159 Å². The minimum absolute atomic E-state index is 0.0237. The van der Waals surface area contributed by atoms with Gasteiger partial charge in [-0.1, -0.05) is 41.9 Å². The van der Waals surface area contributed by atoms with Crippen LogP contribution in [0.2, 0.25) is 5.02 Å². The zero-order valence-electron chi connectivity index (χ0n) is 14.9. The Bertz CT molecular complexity index is 806. The number of carbonyl (C=O) groups is 2. The zero-order chi connectivity index (χ0) is 18.5. The topological polar surface area (TPSA) is 49.4 Å².